The van der Waals surface area contributed by atoms with Gasteiger partial charge in [0.25, 0.3) is 0 Å². The topological polar surface area (TPSA) is 141 Å². The fourth-order valence-electron chi connectivity index (χ4n) is 8.42. The number of aliphatic hydroxyl groups is 4. The molecule has 1 spiro atoms. The average molecular weight is 553 g/mol. The predicted molar refractivity (Wildman–Crippen MR) is 147 cm³/mol. The first kappa shape index (κ1) is 28.7. The van der Waals surface area contributed by atoms with Gasteiger partial charge < -0.3 is 25.2 Å². The van der Waals surface area contributed by atoms with Crippen molar-refractivity contribution in [3.8, 4) is 0 Å². The van der Waals surface area contributed by atoms with E-state index >= 15 is 0 Å². The number of rotatable bonds is 1. The van der Waals surface area contributed by atoms with Crippen LogP contribution in [0, 0.1) is 40.9 Å². The fraction of sp³-hybridized carbons (Fsp3) is 0.594. The predicted octanol–water partition coefficient (Wildman–Crippen LogP) is 3.29. The lowest BCUT2D eigenvalue weighted by Gasteiger charge is -2.55. The molecule has 8 nitrogen and oxygen atoms in total. The lowest BCUT2D eigenvalue weighted by atomic mass is 9.49. The van der Waals surface area contributed by atoms with Gasteiger partial charge in [0.05, 0.1) is 24.2 Å². The second-order valence-corrected chi connectivity index (χ2v) is 12.9. The Morgan fingerprint density at radius 3 is 2.40 bits per heavy atom. The van der Waals surface area contributed by atoms with E-state index in [4.69, 9.17) is 4.74 Å². The monoisotopic (exact) mass is 552 g/mol. The van der Waals surface area contributed by atoms with E-state index in [1.165, 1.54) is 6.08 Å². The van der Waals surface area contributed by atoms with Crippen molar-refractivity contribution in [1.82, 2.24) is 0 Å². The molecule has 4 aliphatic carbocycles. The van der Waals surface area contributed by atoms with Gasteiger partial charge in [0.1, 0.15) is 17.6 Å². The molecule has 40 heavy (non-hydrogen) atoms. The Balaban J connectivity index is 1.79. The summed E-state index contributed by atoms with van der Waals surface area (Å²) in [6.07, 6.45) is 7.02. The molecule has 5 aliphatic rings. The highest BCUT2D eigenvalue weighted by Crippen LogP contribution is 2.60. The second kappa shape index (κ2) is 9.93. The molecule has 1 aliphatic heterocycles. The molecule has 0 amide bonds. The molecule has 0 radical (unpaired) electrons. The molecule has 11 atom stereocenters. The molecule has 5 rings (SSSR count). The Kier molecular flexibility index (Phi) is 7.12. The maximum atomic E-state index is 14.3. The molecular weight excluding hydrogens is 512 g/mol. The van der Waals surface area contributed by atoms with E-state index < -0.39 is 58.5 Å². The molecule has 2 fully saturated rings. The number of hydrogen-bond acceptors (Lipinski definition) is 8. The molecule has 1 heterocycles. The minimum Gasteiger partial charge on any atom is -0.511 e. The van der Waals surface area contributed by atoms with Crippen LogP contribution in [-0.2, 0) is 19.1 Å². The van der Waals surface area contributed by atoms with Crippen LogP contribution in [0.2, 0.25) is 0 Å². The van der Waals surface area contributed by atoms with Crippen molar-refractivity contribution >= 4 is 18.0 Å². The lowest BCUT2D eigenvalue weighted by molar-refractivity contribution is -0.159. The molecule has 1 saturated carbocycles. The molecule has 8 heteroatoms. The first-order valence-electron chi connectivity index (χ1n) is 14.2. The third-order valence-corrected chi connectivity index (χ3v) is 10.5. The summed E-state index contributed by atoms with van der Waals surface area (Å²) in [4.78, 5) is 39.7. The largest absolute Gasteiger partial charge is 0.511 e. The Morgan fingerprint density at radius 1 is 1.02 bits per heavy atom. The van der Waals surface area contributed by atoms with Gasteiger partial charge in [-0.25, -0.2) is 4.79 Å². The van der Waals surface area contributed by atoms with Crippen LogP contribution in [-0.4, -0.2) is 62.4 Å². The molecule has 0 aromatic rings. The first-order chi connectivity index (χ1) is 18.8. The van der Waals surface area contributed by atoms with Crippen molar-refractivity contribution in [3.63, 3.8) is 0 Å². The molecule has 0 aromatic heterocycles. The van der Waals surface area contributed by atoms with Gasteiger partial charge in [0.2, 0.25) is 5.78 Å². The Bertz CT molecular complexity index is 1290. The van der Waals surface area contributed by atoms with Gasteiger partial charge in [-0.2, -0.15) is 0 Å². The zero-order chi connectivity index (χ0) is 29.3. The van der Waals surface area contributed by atoms with Crippen molar-refractivity contribution in [2.75, 3.05) is 0 Å². The lowest BCUT2D eigenvalue weighted by Crippen LogP contribution is -2.54. The Morgan fingerprint density at radius 2 is 1.73 bits per heavy atom. The number of Topliss-reactive ketones (excluding diaryl/α,β-unsaturated/α-hetero) is 1. The van der Waals surface area contributed by atoms with Gasteiger partial charge >= 0.3 is 5.97 Å². The van der Waals surface area contributed by atoms with Crippen LogP contribution in [0.15, 0.2) is 58.4 Å². The molecular formula is C32H40O8. The Labute approximate surface area is 234 Å². The van der Waals surface area contributed by atoms with Gasteiger partial charge in [-0.3, -0.25) is 9.59 Å². The van der Waals surface area contributed by atoms with E-state index in [1.54, 1.807) is 13.0 Å². The number of allylic oxidation sites excluding steroid dienone is 3. The zero-order valence-corrected chi connectivity index (χ0v) is 23.7. The highest BCUT2D eigenvalue weighted by atomic mass is 16.6. The van der Waals surface area contributed by atoms with Gasteiger partial charge in [-0.05, 0) is 61.7 Å². The number of carbonyl (C=O) groups is 3. The minimum absolute atomic E-state index is 0.0332. The van der Waals surface area contributed by atoms with E-state index in [0.717, 1.165) is 5.57 Å². The highest BCUT2D eigenvalue weighted by Gasteiger charge is 2.64. The number of aldehydes is 1. The normalized spacial score (nSPS) is 48.0. The SMILES string of the molecule is C/C1=C/[C@H]2[C@H](O)C=C(C=O)C[C@@]23OC(=O)C(=C(O)[C@]2(C)[C@@H]4[C@@H](C=C[C@@H]2/C(C)=C\C[C@H]1O)[C@H](O)[C@H](C)C[C@H]4C)C3=O. The van der Waals surface area contributed by atoms with Crippen molar-refractivity contribution in [2.45, 2.75) is 77.8 Å². The second-order valence-electron chi connectivity index (χ2n) is 12.9. The summed E-state index contributed by atoms with van der Waals surface area (Å²) in [6, 6.07) is 0. The quantitative estimate of drug-likeness (QED) is 0.168. The number of ether oxygens (including phenoxy) is 1. The standard InChI is InChI=1S/C32H40O8/c1-15-6-9-23(34)16(2)11-22-24(35)12-19(14-33)13-32(22)29(38)25(30(39)40-32)28(37)31(5)21(15)8-7-20-26(31)17(3)10-18(4)27(20)36/h6-8,11-12,14,17-18,20-24,26-27,34-37H,9-10,13H2,1-5H3/b15-6-,16-11-,28-25?/t17-,18-,20-,21-,22+,23-,24-,26+,27-,31+,32-/m1/s1. The van der Waals surface area contributed by atoms with E-state index in [2.05, 4.69) is 6.92 Å². The van der Waals surface area contributed by atoms with Gasteiger partial charge in [0, 0.05) is 23.7 Å². The van der Waals surface area contributed by atoms with Gasteiger partial charge in [-0.15, -0.1) is 0 Å². The molecule has 1 saturated heterocycles. The van der Waals surface area contributed by atoms with Crippen LogP contribution in [0.3, 0.4) is 0 Å². The van der Waals surface area contributed by atoms with Crippen LogP contribution < -0.4 is 0 Å². The summed E-state index contributed by atoms with van der Waals surface area (Å²) in [7, 11) is 0. The van der Waals surface area contributed by atoms with Crippen molar-refractivity contribution < 1.29 is 39.5 Å². The average Bonchev–Trinajstić information content (AvgIpc) is 3.14. The van der Waals surface area contributed by atoms with Gasteiger partial charge in [0.15, 0.2) is 5.60 Å². The number of esters is 1. The molecule has 2 bridgehead atoms. The van der Waals surface area contributed by atoms with Crippen molar-refractivity contribution in [3.05, 3.63) is 58.4 Å². The van der Waals surface area contributed by atoms with Crippen molar-refractivity contribution in [1.29, 1.82) is 0 Å². The van der Waals surface area contributed by atoms with Crippen LogP contribution in [0.1, 0.15) is 53.9 Å². The minimum atomic E-state index is -1.94. The summed E-state index contributed by atoms with van der Waals surface area (Å²) in [5, 5.41) is 45.4. The summed E-state index contributed by atoms with van der Waals surface area (Å²) < 4.78 is 5.81. The molecule has 216 valence electrons. The highest BCUT2D eigenvalue weighted by molar-refractivity contribution is 6.26. The van der Waals surface area contributed by atoms with E-state index in [-0.39, 0.29) is 47.8 Å². The maximum absolute atomic E-state index is 14.3. The number of carbonyl (C=O) groups excluding carboxylic acids is 3. The summed E-state index contributed by atoms with van der Waals surface area (Å²) in [5.41, 5.74) is -2.12. The smallest absolute Gasteiger partial charge is 0.346 e. The molecule has 0 unspecified atom stereocenters. The number of hydrogen-bond donors (Lipinski definition) is 4. The van der Waals surface area contributed by atoms with Crippen LogP contribution in [0.4, 0.5) is 0 Å². The fourth-order valence-corrected chi connectivity index (χ4v) is 8.42. The van der Waals surface area contributed by atoms with E-state index in [1.807, 2.05) is 39.0 Å². The Hall–Kier alpha value is -2.81. The van der Waals surface area contributed by atoms with Crippen LogP contribution in [0.25, 0.3) is 0 Å². The summed E-state index contributed by atoms with van der Waals surface area (Å²) >= 11 is 0. The van der Waals surface area contributed by atoms with E-state index in [9.17, 15) is 34.8 Å². The third-order valence-electron chi connectivity index (χ3n) is 10.5. The summed E-state index contributed by atoms with van der Waals surface area (Å²) in [6.45, 7) is 9.50. The summed E-state index contributed by atoms with van der Waals surface area (Å²) in [5.74, 6) is -4.22. The van der Waals surface area contributed by atoms with Crippen molar-refractivity contribution in [2.24, 2.45) is 40.9 Å². The first-order valence-corrected chi connectivity index (χ1v) is 14.2. The molecule has 4 N–H and O–H groups in total. The number of fused-ring (bicyclic) bond motifs is 4. The van der Waals surface area contributed by atoms with Crippen LogP contribution >= 0.6 is 0 Å². The number of ketones is 1. The van der Waals surface area contributed by atoms with Crippen LogP contribution in [0.5, 0.6) is 0 Å². The van der Waals surface area contributed by atoms with Gasteiger partial charge in [-0.1, -0.05) is 50.6 Å². The van der Waals surface area contributed by atoms with E-state index in [0.29, 0.717) is 18.3 Å². The number of aliphatic hydroxyl groups excluding tert-OH is 4. The third kappa shape index (κ3) is 4.02. The zero-order valence-electron chi connectivity index (χ0n) is 23.7. The maximum Gasteiger partial charge on any atom is 0.346 e. The molecule has 0 aromatic carbocycles.